The first-order chi connectivity index (χ1) is 8.66. The van der Waals surface area contributed by atoms with Gasteiger partial charge in [0.2, 0.25) is 0 Å². The summed E-state index contributed by atoms with van der Waals surface area (Å²) in [6.45, 7) is 3.28. The van der Waals surface area contributed by atoms with Gasteiger partial charge in [0.1, 0.15) is 23.0 Å². The van der Waals surface area contributed by atoms with E-state index in [0.29, 0.717) is 16.7 Å². The van der Waals surface area contributed by atoms with E-state index < -0.39 is 0 Å². The van der Waals surface area contributed by atoms with Crippen LogP contribution in [0.15, 0.2) is 6.33 Å². The number of piperidine rings is 1. The van der Waals surface area contributed by atoms with Crippen LogP contribution < -0.4 is 11.1 Å². The van der Waals surface area contributed by atoms with Crippen LogP contribution >= 0.6 is 11.6 Å². The number of halogens is 1. The van der Waals surface area contributed by atoms with Gasteiger partial charge in [0.05, 0.1) is 0 Å². The summed E-state index contributed by atoms with van der Waals surface area (Å²) in [6, 6.07) is 0. The second-order valence-electron chi connectivity index (χ2n) is 4.88. The molecule has 5 nitrogen and oxygen atoms in total. The zero-order chi connectivity index (χ0) is 13.0. The van der Waals surface area contributed by atoms with Crippen molar-refractivity contribution in [2.24, 2.45) is 5.92 Å². The molecule has 100 valence electrons. The topological polar surface area (TPSA) is 67.1 Å². The molecule has 3 N–H and O–H groups in total. The van der Waals surface area contributed by atoms with Gasteiger partial charge in [-0.2, -0.15) is 0 Å². The van der Waals surface area contributed by atoms with Gasteiger partial charge in [-0.25, -0.2) is 9.97 Å². The normalized spacial score (nSPS) is 17.9. The minimum Gasteiger partial charge on any atom is -0.382 e. The zero-order valence-corrected chi connectivity index (χ0v) is 11.5. The van der Waals surface area contributed by atoms with Crippen molar-refractivity contribution in [1.29, 1.82) is 0 Å². The smallest absolute Gasteiger partial charge is 0.150 e. The van der Waals surface area contributed by atoms with Gasteiger partial charge in [-0.3, -0.25) is 0 Å². The Kier molecular flexibility index (Phi) is 4.60. The number of anilines is 2. The number of hydrogen-bond donors (Lipinski definition) is 2. The molecule has 1 aliphatic heterocycles. The molecule has 1 saturated heterocycles. The minimum absolute atomic E-state index is 0.327. The van der Waals surface area contributed by atoms with E-state index in [1.165, 1.54) is 32.3 Å². The molecule has 0 bridgehead atoms. The standard InChI is InChI=1S/C12H20ClN5/c1-18-6-3-9(4-7-18)2-5-15-12-10(13)11(14)16-8-17-12/h8-9H,2-7H2,1H3,(H3,14,15,16,17). The summed E-state index contributed by atoms with van der Waals surface area (Å²) in [5, 5.41) is 3.65. The quantitative estimate of drug-likeness (QED) is 0.873. The fourth-order valence-electron chi connectivity index (χ4n) is 2.25. The molecule has 0 aliphatic carbocycles. The summed E-state index contributed by atoms with van der Waals surface area (Å²) in [5.41, 5.74) is 5.62. The summed E-state index contributed by atoms with van der Waals surface area (Å²) < 4.78 is 0. The molecule has 0 amide bonds. The van der Waals surface area contributed by atoms with Gasteiger partial charge in [-0.1, -0.05) is 11.6 Å². The molecule has 1 aromatic rings. The summed E-state index contributed by atoms with van der Waals surface area (Å²) in [5.74, 6) is 1.76. The first-order valence-electron chi connectivity index (χ1n) is 6.35. The van der Waals surface area contributed by atoms with Crippen molar-refractivity contribution in [3.63, 3.8) is 0 Å². The molecule has 0 aromatic carbocycles. The maximum atomic E-state index is 6.01. The van der Waals surface area contributed by atoms with Crippen LogP contribution in [0.25, 0.3) is 0 Å². The molecule has 2 heterocycles. The lowest BCUT2D eigenvalue weighted by Gasteiger charge is -2.28. The third kappa shape index (κ3) is 3.46. The van der Waals surface area contributed by atoms with Gasteiger partial charge >= 0.3 is 0 Å². The fraction of sp³-hybridized carbons (Fsp3) is 0.667. The Labute approximate surface area is 113 Å². The number of nitrogens with zero attached hydrogens (tertiary/aromatic N) is 3. The Hall–Kier alpha value is -1.07. The van der Waals surface area contributed by atoms with Gasteiger partial charge in [0.25, 0.3) is 0 Å². The number of hydrogen-bond acceptors (Lipinski definition) is 5. The zero-order valence-electron chi connectivity index (χ0n) is 10.7. The van der Waals surface area contributed by atoms with Crippen LogP contribution in [0.3, 0.4) is 0 Å². The molecule has 0 spiro atoms. The first-order valence-corrected chi connectivity index (χ1v) is 6.73. The number of nitrogen functional groups attached to an aromatic ring is 1. The van der Waals surface area contributed by atoms with Crippen molar-refractivity contribution in [3.8, 4) is 0 Å². The van der Waals surface area contributed by atoms with Gasteiger partial charge in [0, 0.05) is 6.54 Å². The van der Waals surface area contributed by atoms with Crippen LogP contribution in [0, 0.1) is 5.92 Å². The van der Waals surface area contributed by atoms with E-state index in [4.69, 9.17) is 17.3 Å². The van der Waals surface area contributed by atoms with Crippen molar-refractivity contribution in [1.82, 2.24) is 14.9 Å². The van der Waals surface area contributed by atoms with E-state index >= 15 is 0 Å². The monoisotopic (exact) mass is 269 g/mol. The van der Waals surface area contributed by atoms with Crippen molar-refractivity contribution in [3.05, 3.63) is 11.3 Å². The Balaban J connectivity index is 1.77. The van der Waals surface area contributed by atoms with Gasteiger partial charge in [0.15, 0.2) is 0 Å². The number of rotatable bonds is 4. The second kappa shape index (κ2) is 6.20. The average molecular weight is 270 g/mol. The fourth-order valence-corrected chi connectivity index (χ4v) is 2.42. The van der Waals surface area contributed by atoms with Crippen LogP contribution in [-0.4, -0.2) is 41.5 Å². The molecule has 1 aliphatic rings. The van der Waals surface area contributed by atoms with Crippen molar-refractivity contribution in [2.45, 2.75) is 19.3 Å². The molecule has 0 saturated carbocycles. The third-order valence-electron chi connectivity index (χ3n) is 3.50. The molecule has 2 rings (SSSR count). The average Bonchev–Trinajstić information content (AvgIpc) is 2.37. The largest absolute Gasteiger partial charge is 0.382 e. The molecule has 0 atom stereocenters. The Morgan fingerprint density at radius 3 is 2.89 bits per heavy atom. The van der Waals surface area contributed by atoms with Gasteiger partial charge < -0.3 is 16.0 Å². The van der Waals surface area contributed by atoms with E-state index in [1.54, 1.807) is 0 Å². The van der Waals surface area contributed by atoms with Gasteiger partial charge in [-0.05, 0) is 45.3 Å². The van der Waals surface area contributed by atoms with Gasteiger partial charge in [-0.15, -0.1) is 0 Å². The van der Waals surface area contributed by atoms with Crippen LogP contribution in [0.4, 0.5) is 11.6 Å². The van der Waals surface area contributed by atoms with Crippen molar-refractivity contribution >= 4 is 23.2 Å². The molecule has 18 heavy (non-hydrogen) atoms. The van der Waals surface area contributed by atoms with E-state index in [2.05, 4.69) is 27.2 Å². The third-order valence-corrected chi connectivity index (χ3v) is 3.87. The predicted molar refractivity (Wildman–Crippen MR) is 74.8 cm³/mol. The molecular formula is C12H20ClN5. The lowest BCUT2D eigenvalue weighted by atomic mass is 9.94. The van der Waals surface area contributed by atoms with Crippen LogP contribution in [0.5, 0.6) is 0 Å². The van der Waals surface area contributed by atoms with E-state index in [0.717, 1.165) is 18.9 Å². The molecule has 1 fully saturated rings. The van der Waals surface area contributed by atoms with E-state index in [-0.39, 0.29) is 0 Å². The number of likely N-dealkylation sites (tertiary alicyclic amines) is 1. The van der Waals surface area contributed by atoms with E-state index in [1.807, 2.05) is 0 Å². The number of nitrogens with one attached hydrogen (secondary N) is 1. The maximum absolute atomic E-state index is 6.01. The Morgan fingerprint density at radius 1 is 1.44 bits per heavy atom. The summed E-state index contributed by atoms with van der Waals surface area (Å²) >= 11 is 6.01. The number of aromatic nitrogens is 2. The SMILES string of the molecule is CN1CCC(CCNc2ncnc(N)c2Cl)CC1. The van der Waals surface area contributed by atoms with Crippen molar-refractivity contribution < 1.29 is 0 Å². The molecular weight excluding hydrogens is 250 g/mol. The Bertz CT molecular complexity index is 390. The summed E-state index contributed by atoms with van der Waals surface area (Å²) in [7, 11) is 2.18. The lowest BCUT2D eigenvalue weighted by Crippen LogP contribution is -2.30. The highest BCUT2D eigenvalue weighted by Gasteiger charge is 2.16. The molecule has 0 radical (unpaired) electrons. The highest BCUT2D eigenvalue weighted by Crippen LogP contribution is 2.24. The minimum atomic E-state index is 0.327. The Morgan fingerprint density at radius 2 is 2.17 bits per heavy atom. The summed E-state index contributed by atoms with van der Waals surface area (Å²) in [4.78, 5) is 10.3. The first kappa shape index (κ1) is 13.4. The number of nitrogens with two attached hydrogens (primary N) is 1. The predicted octanol–water partition coefficient (Wildman–Crippen LogP) is 1.86. The highest BCUT2D eigenvalue weighted by atomic mass is 35.5. The highest BCUT2D eigenvalue weighted by molar-refractivity contribution is 6.35. The lowest BCUT2D eigenvalue weighted by molar-refractivity contribution is 0.215. The molecule has 0 unspecified atom stereocenters. The molecule has 1 aromatic heterocycles. The van der Waals surface area contributed by atoms with Crippen molar-refractivity contribution in [2.75, 3.05) is 37.7 Å². The summed E-state index contributed by atoms with van der Waals surface area (Å²) in [6.07, 6.45) is 5.13. The molecule has 6 heteroatoms. The van der Waals surface area contributed by atoms with Crippen LogP contribution in [0.1, 0.15) is 19.3 Å². The van der Waals surface area contributed by atoms with Crippen LogP contribution in [-0.2, 0) is 0 Å². The van der Waals surface area contributed by atoms with Crippen LogP contribution in [0.2, 0.25) is 5.02 Å². The maximum Gasteiger partial charge on any atom is 0.150 e. The second-order valence-corrected chi connectivity index (χ2v) is 5.26. The van der Waals surface area contributed by atoms with E-state index in [9.17, 15) is 0 Å².